The topological polar surface area (TPSA) is 50.4 Å². The van der Waals surface area contributed by atoms with Crippen molar-refractivity contribution >= 4 is 17.3 Å². The molecule has 0 atom stereocenters. The maximum absolute atomic E-state index is 11.8. The molecule has 4 heteroatoms. The normalized spacial score (nSPS) is 10.6. The van der Waals surface area contributed by atoms with Gasteiger partial charge in [-0.1, -0.05) is 61.9 Å². The molecule has 2 N–H and O–H groups in total. The zero-order valence-electron chi connectivity index (χ0n) is 17.2. The molecule has 29 heavy (non-hydrogen) atoms. The van der Waals surface area contributed by atoms with Gasteiger partial charge in [-0.2, -0.15) is 0 Å². The number of para-hydroxylation sites is 1. The number of benzene rings is 3. The van der Waals surface area contributed by atoms with Gasteiger partial charge >= 0.3 is 0 Å². The van der Waals surface area contributed by atoms with E-state index in [0.29, 0.717) is 13.2 Å². The largest absolute Gasteiger partial charge is 0.489 e. The van der Waals surface area contributed by atoms with E-state index in [2.05, 4.69) is 47.9 Å². The lowest BCUT2D eigenvalue weighted by Crippen LogP contribution is -2.17. The number of hydrogen-bond donors (Lipinski definition) is 2. The molecule has 0 saturated carbocycles. The molecule has 0 saturated heterocycles. The Morgan fingerprint density at radius 2 is 1.55 bits per heavy atom. The summed E-state index contributed by atoms with van der Waals surface area (Å²) in [5.74, 6) is 0.857. The summed E-state index contributed by atoms with van der Waals surface area (Å²) in [7, 11) is 0. The second-order valence-corrected chi connectivity index (χ2v) is 7.46. The van der Waals surface area contributed by atoms with Crippen LogP contribution in [0.3, 0.4) is 0 Å². The lowest BCUT2D eigenvalue weighted by Gasteiger charge is -2.14. The molecular weight excluding hydrogens is 360 g/mol. The Labute approximate surface area is 172 Å². The van der Waals surface area contributed by atoms with Gasteiger partial charge in [0.25, 0.3) is 0 Å². The minimum Gasteiger partial charge on any atom is -0.489 e. The number of aryl methyl sites for hydroxylation is 1. The molecule has 0 aromatic heterocycles. The zero-order valence-corrected chi connectivity index (χ0v) is 17.2. The molecule has 3 aromatic rings. The summed E-state index contributed by atoms with van der Waals surface area (Å²) in [6.07, 6.45) is 0. The van der Waals surface area contributed by atoms with Crippen molar-refractivity contribution < 1.29 is 9.53 Å². The number of nitrogens with one attached hydrogen (secondary N) is 2. The maximum Gasteiger partial charge on any atom is 0.226 e. The molecule has 0 aliphatic heterocycles. The first kappa shape index (κ1) is 20.5. The summed E-state index contributed by atoms with van der Waals surface area (Å²) in [4.78, 5) is 11.8. The number of amides is 1. The Kier molecular flexibility index (Phi) is 6.90. The van der Waals surface area contributed by atoms with Gasteiger partial charge in [0.15, 0.2) is 0 Å². The molecule has 0 radical (unpaired) electrons. The molecule has 0 unspecified atom stereocenters. The van der Waals surface area contributed by atoms with Gasteiger partial charge in [-0.15, -0.1) is 0 Å². The van der Waals surface area contributed by atoms with Crippen LogP contribution in [0.2, 0.25) is 0 Å². The molecule has 0 heterocycles. The van der Waals surface area contributed by atoms with Gasteiger partial charge in [0.2, 0.25) is 5.91 Å². The maximum atomic E-state index is 11.8. The third-order valence-corrected chi connectivity index (χ3v) is 4.65. The second-order valence-electron chi connectivity index (χ2n) is 7.46. The summed E-state index contributed by atoms with van der Waals surface area (Å²) in [6, 6.07) is 24.2. The Bertz CT molecular complexity index is 932. The molecule has 0 bridgehead atoms. The van der Waals surface area contributed by atoms with Crippen molar-refractivity contribution in [3.05, 3.63) is 89.5 Å². The Morgan fingerprint density at radius 3 is 2.24 bits per heavy atom. The predicted octanol–water partition coefficient (Wildman–Crippen LogP) is 5.78. The van der Waals surface area contributed by atoms with E-state index >= 15 is 0 Å². The van der Waals surface area contributed by atoms with Crippen molar-refractivity contribution in [1.29, 1.82) is 0 Å². The SMILES string of the molecule is Cc1ccc(COc2ccccc2CNc2ccc(NC(=O)C(C)C)cc2)cc1. The minimum absolute atomic E-state index is 0.0189. The van der Waals surface area contributed by atoms with E-state index in [9.17, 15) is 4.79 Å². The fourth-order valence-corrected chi connectivity index (χ4v) is 2.79. The molecular formula is C25H28N2O2. The highest BCUT2D eigenvalue weighted by molar-refractivity contribution is 5.92. The summed E-state index contributed by atoms with van der Waals surface area (Å²) >= 11 is 0. The van der Waals surface area contributed by atoms with Crippen LogP contribution >= 0.6 is 0 Å². The average Bonchev–Trinajstić information content (AvgIpc) is 2.73. The first-order chi connectivity index (χ1) is 14.0. The summed E-state index contributed by atoms with van der Waals surface area (Å²) in [5, 5.41) is 6.32. The summed E-state index contributed by atoms with van der Waals surface area (Å²) in [5.41, 5.74) is 5.28. The van der Waals surface area contributed by atoms with Crippen LogP contribution in [0.5, 0.6) is 5.75 Å². The Morgan fingerprint density at radius 1 is 0.897 bits per heavy atom. The van der Waals surface area contributed by atoms with Crippen molar-refractivity contribution in [2.45, 2.75) is 33.9 Å². The number of ether oxygens (including phenoxy) is 1. The number of carbonyl (C=O) groups excluding carboxylic acids is 1. The summed E-state index contributed by atoms with van der Waals surface area (Å²) < 4.78 is 6.05. The van der Waals surface area contributed by atoms with E-state index in [1.165, 1.54) is 5.56 Å². The van der Waals surface area contributed by atoms with E-state index in [0.717, 1.165) is 28.3 Å². The van der Waals surface area contributed by atoms with Crippen LogP contribution in [0.25, 0.3) is 0 Å². The average molecular weight is 389 g/mol. The van der Waals surface area contributed by atoms with Crippen molar-refractivity contribution in [1.82, 2.24) is 0 Å². The fraction of sp³-hybridized carbons (Fsp3) is 0.240. The second kappa shape index (κ2) is 9.78. The van der Waals surface area contributed by atoms with Crippen LogP contribution < -0.4 is 15.4 Å². The molecule has 0 spiro atoms. The van der Waals surface area contributed by atoms with Crippen molar-refractivity contribution in [3.63, 3.8) is 0 Å². The van der Waals surface area contributed by atoms with Gasteiger partial charge in [0, 0.05) is 29.4 Å². The zero-order chi connectivity index (χ0) is 20.6. The van der Waals surface area contributed by atoms with Gasteiger partial charge < -0.3 is 15.4 Å². The Hall–Kier alpha value is -3.27. The Balaban J connectivity index is 1.58. The molecule has 150 valence electrons. The standard InChI is InChI=1S/C25H28N2O2/c1-18(2)25(28)27-23-14-12-22(13-15-23)26-16-21-6-4-5-7-24(21)29-17-20-10-8-19(3)9-11-20/h4-15,18,26H,16-17H2,1-3H3,(H,27,28). The highest BCUT2D eigenvalue weighted by Gasteiger charge is 2.07. The molecule has 3 aromatic carbocycles. The van der Waals surface area contributed by atoms with E-state index < -0.39 is 0 Å². The number of carbonyl (C=O) groups is 1. The molecule has 0 aliphatic carbocycles. The third-order valence-electron chi connectivity index (χ3n) is 4.65. The van der Waals surface area contributed by atoms with Crippen LogP contribution in [0.4, 0.5) is 11.4 Å². The third kappa shape index (κ3) is 6.11. The van der Waals surface area contributed by atoms with Gasteiger partial charge in [-0.25, -0.2) is 0 Å². The van der Waals surface area contributed by atoms with E-state index in [1.807, 2.05) is 56.3 Å². The summed E-state index contributed by atoms with van der Waals surface area (Å²) in [6.45, 7) is 7.03. The first-order valence-corrected chi connectivity index (χ1v) is 9.92. The molecule has 0 aliphatic rings. The van der Waals surface area contributed by atoms with Crippen molar-refractivity contribution in [2.75, 3.05) is 10.6 Å². The predicted molar refractivity (Wildman–Crippen MR) is 119 cm³/mol. The van der Waals surface area contributed by atoms with Crippen LogP contribution in [-0.2, 0) is 17.9 Å². The highest BCUT2D eigenvalue weighted by Crippen LogP contribution is 2.22. The van der Waals surface area contributed by atoms with Gasteiger partial charge in [0.05, 0.1) is 0 Å². The van der Waals surface area contributed by atoms with E-state index in [-0.39, 0.29) is 11.8 Å². The van der Waals surface area contributed by atoms with Gasteiger partial charge in [0.1, 0.15) is 12.4 Å². The molecule has 1 amide bonds. The van der Waals surface area contributed by atoms with E-state index in [1.54, 1.807) is 0 Å². The monoisotopic (exact) mass is 388 g/mol. The van der Waals surface area contributed by atoms with Crippen molar-refractivity contribution in [2.24, 2.45) is 5.92 Å². The molecule has 4 nitrogen and oxygen atoms in total. The lowest BCUT2D eigenvalue weighted by molar-refractivity contribution is -0.118. The number of anilines is 2. The van der Waals surface area contributed by atoms with Crippen LogP contribution in [0, 0.1) is 12.8 Å². The molecule has 3 rings (SSSR count). The van der Waals surface area contributed by atoms with Gasteiger partial charge in [-0.3, -0.25) is 4.79 Å². The van der Waals surface area contributed by atoms with Crippen LogP contribution in [0.15, 0.2) is 72.8 Å². The highest BCUT2D eigenvalue weighted by atomic mass is 16.5. The fourth-order valence-electron chi connectivity index (χ4n) is 2.79. The number of rotatable bonds is 8. The van der Waals surface area contributed by atoms with Crippen molar-refractivity contribution in [3.8, 4) is 5.75 Å². The van der Waals surface area contributed by atoms with Gasteiger partial charge in [-0.05, 0) is 42.8 Å². The van der Waals surface area contributed by atoms with Crippen LogP contribution in [0.1, 0.15) is 30.5 Å². The van der Waals surface area contributed by atoms with E-state index in [4.69, 9.17) is 4.74 Å². The van der Waals surface area contributed by atoms with Crippen LogP contribution in [-0.4, -0.2) is 5.91 Å². The smallest absolute Gasteiger partial charge is 0.226 e. The quantitative estimate of drug-likeness (QED) is 0.514. The molecule has 0 fully saturated rings. The lowest BCUT2D eigenvalue weighted by atomic mass is 10.1. The first-order valence-electron chi connectivity index (χ1n) is 9.92. The number of hydrogen-bond acceptors (Lipinski definition) is 3. The minimum atomic E-state index is -0.0378.